The van der Waals surface area contributed by atoms with Crippen LogP contribution in [-0.2, 0) is 11.3 Å². The molecule has 3 N–H and O–H groups in total. The van der Waals surface area contributed by atoms with E-state index in [9.17, 15) is 5.41 Å². The first-order chi connectivity index (χ1) is 10.7. The van der Waals surface area contributed by atoms with Crippen molar-refractivity contribution in [2.45, 2.75) is 13.5 Å². The summed E-state index contributed by atoms with van der Waals surface area (Å²) in [5.74, 6) is 0.497. The third-order valence-corrected chi connectivity index (χ3v) is 2.86. The van der Waals surface area contributed by atoms with Crippen LogP contribution in [0.1, 0.15) is 12.5 Å². The van der Waals surface area contributed by atoms with Gasteiger partial charge in [0.05, 0.1) is 11.7 Å². The Kier molecular flexibility index (Phi) is 5.50. The highest BCUT2D eigenvalue weighted by molar-refractivity contribution is 6.01. The van der Waals surface area contributed by atoms with Crippen LogP contribution in [0.5, 0.6) is 0 Å². The van der Waals surface area contributed by atoms with Crippen molar-refractivity contribution in [3.8, 4) is 0 Å². The number of anilines is 2. The first-order valence-electron chi connectivity index (χ1n) is 6.73. The highest BCUT2D eigenvalue weighted by atomic mass is 16.5. The van der Waals surface area contributed by atoms with Crippen molar-refractivity contribution >= 4 is 23.2 Å². The zero-order chi connectivity index (χ0) is 15.8. The minimum absolute atomic E-state index is 0.0810. The predicted octanol–water partition coefficient (Wildman–Crippen LogP) is 3.46. The lowest BCUT2D eigenvalue weighted by Crippen LogP contribution is -2.11. The summed E-state index contributed by atoms with van der Waals surface area (Å²) in [6.45, 7) is 1.80. The average molecular weight is 297 g/mol. The van der Waals surface area contributed by atoms with Crippen molar-refractivity contribution in [2.24, 2.45) is 4.99 Å². The van der Waals surface area contributed by atoms with Crippen LogP contribution in [0.15, 0.2) is 59.6 Å². The molecular formula is C16H17N4O2-. The number of benzene rings is 2. The van der Waals surface area contributed by atoms with E-state index in [-0.39, 0.29) is 6.61 Å². The number of rotatable bonds is 4. The molecule has 0 aliphatic heterocycles. The van der Waals surface area contributed by atoms with Gasteiger partial charge in [-0.3, -0.25) is 10.7 Å². The molecule has 0 spiro atoms. The Hall–Kier alpha value is -2.86. The number of amidine groups is 2. The zero-order valence-corrected chi connectivity index (χ0v) is 12.2. The van der Waals surface area contributed by atoms with Crippen LogP contribution in [0, 0.1) is 0 Å². The molecule has 0 aliphatic rings. The second-order valence-electron chi connectivity index (χ2n) is 4.53. The molecule has 2 rings (SSSR count). The standard InChI is InChI=1S/C16H17N4O2/c1-12(18-14-8-3-2-4-9-14)19-16(17)22-11-13-7-5-6-10-15(13)20-21/h2-10,20-21H,11H2,1H3,(H-,17,18,19)/q-1. The van der Waals surface area contributed by atoms with Crippen LogP contribution in [0.4, 0.5) is 11.4 Å². The number of ether oxygens (including phenoxy) is 1. The predicted molar refractivity (Wildman–Crippen MR) is 88.2 cm³/mol. The molecule has 0 amide bonds. The van der Waals surface area contributed by atoms with Gasteiger partial charge in [-0.2, -0.15) is 0 Å². The fourth-order valence-electron chi connectivity index (χ4n) is 1.83. The van der Waals surface area contributed by atoms with Crippen molar-refractivity contribution in [2.75, 3.05) is 10.8 Å². The van der Waals surface area contributed by atoms with Gasteiger partial charge in [0, 0.05) is 17.1 Å². The number of hydrogen-bond donors (Lipinski definition) is 3. The van der Waals surface area contributed by atoms with Crippen molar-refractivity contribution in [1.82, 2.24) is 0 Å². The maximum atomic E-state index is 9.71. The summed E-state index contributed by atoms with van der Waals surface area (Å²) in [5, 5.41) is 21.7. The van der Waals surface area contributed by atoms with Gasteiger partial charge >= 0.3 is 0 Å². The number of hydrogen-bond acceptors (Lipinski definition) is 3. The highest BCUT2D eigenvalue weighted by Gasteiger charge is 2.00. The van der Waals surface area contributed by atoms with Crippen LogP contribution < -0.4 is 10.8 Å². The maximum absolute atomic E-state index is 9.71. The van der Waals surface area contributed by atoms with Crippen LogP contribution >= 0.6 is 0 Å². The molecule has 0 heterocycles. The van der Waals surface area contributed by atoms with Crippen molar-refractivity contribution in [3.63, 3.8) is 0 Å². The molecule has 0 aliphatic carbocycles. The number of para-hydroxylation sites is 2. The first kappa shape index (κ1) is 15.5. The fraction of sp³-hybridized carbons (Fsp3) is 0.125. The quantitative estimate of drug-likeness (QED) is 0.458. The summed E-state index contributed by atoms with van der Waals surface area (Å²) >= 11 is 0. The fourth-order valence-corrected chi connectivity index (χ4v) is 1.83. The number of aliphatic imine (C=N–C) groups is 1. The van der Waals surface area contributed by atoms with E-state index in [1.165, 1.54) is 0 Å². The highest BCUT2D eigenvalue weighted by Crippen LogP contribution is 2.15. The molecule has 0 saturated carbocycles. The lowest BCUT2D eigenvalue weighted by atomic mass is 10.2. The summed E-state index contributed by atoms with van der Waals surface area (Å²) in [6, 6.07) is 16.1. The molecule has 22 heavy (non-hydrogen) atoms. The molecule has 114 valence electrons. The summed E-state index contributed by atoms with van der Waals surface area (Å²) in [6.07, 6.45) is 0. The SMILES string of the molecule is C/C(=N/C(=[N-])OCc1ccccc1NO)Nc1ccccc1. The van der Waals surface area contributed by atoms with E-state index >= 15 is 0 Å². The van der Waals surface area contributed by atoms with Gasteiger partial charge in [-0.25, -0.2) is 0 Å². The summed E-state index contributed by atoms with van der Waals surface area (Å²) in [5.41, 5.74) is 4.15. The minimum atomic E-state index is -0.450. The molecule has 6 heteroatoms. The summed E-state index contributed by atoms with van der Waals surface area (Å²) in [7, 11) is 0. The average Bonchev–Trinajstić information content (AvgIpc) is 2.54. The normalized spacial score (nSPS) is 10.9. The van der Waals surface area contributed by atoms with Gasteiger partial charge in [0.15, 0.2) is 0 Å². The topological polar surface area (TPSA) is 88.2 Å². The third-order valence-electron chi connectivity index (χ3n) is 2.86. The van der Waals surface area contributed by atoms with Gasteiger partial charge in [0.25, 0.3) is 0 Å². The molecular weight excluding hydrogens is 280 g/mol. The van der Waals surface area contributed by atoms with E-state index in [0.29, 0.717) is 17.1 Å². The molecule has 0 fully saturated rings. The first-order valence-corrected chi connectivity index (χ1v) is 6.73. The second-order valence-corrected chi connectivity index (χ2v) is 4.53. The van der Waals surface area contributed by atoms with Crippen molar-refractivity contribution in [1.29, 1.82) is 0 Å². The Morgan fingerprint density at radius 1 is 1.14 bits per heavy atom. The zero-order valence-electron chi connectivity index (χ0n) is 12.2. The Morgan fingerprint density at radius 2 is 1.82 bits per heavy atom. The van der Waals surface area contributed by atoms with E-state index in [2.05, 4.69) is 15.8 Å². The van der Waals surface area contributed by atoms with Gasteiger partial charge in [-0.15, -0.1) is 0 Å². The summed E-state index contributed by atoms with van der Waals surface area (Å²) in [4.78, 5) is 3.92. The summed E-state index contributed by atoms with van der Waals surface area (Å²) < 4.78 is 5.17. The van der Waals surface area contributed by atoms with E-state index in [1.54, 1.807) is 25.1 Å². The van der Waals surface area contributed by atoms with E-state index in [1.807, 2.05) is 36.4 Å². The molecule has 0 atom stereocenters. The molecule has 2 aromatic carbocycles. The molecule has 2 aromatic rings. The van der Waals surface area contributed by atoms with Crippen LogP contribution in [-0.4, -0.2) is 17.1 Å². The molecule has 6 nitrogen and oxygen atoms in total. The molecule has 0 unspecified atom stereocenters. The van der Waals surface area contributed by atoms with Gasteiger partial charge in [-0.1, -0.05) is 36.4 Å². The molecule has 0 saturated heterocycles. The van der Waals surface area contributed by atoms with Crippen molar-refractivity contribution < 1.29 is 9.94 Å². The largest absolute Gasteiger partial charge is 0.496 e. The molecule has 0 radical (unpaired) electrons. The van der Waals surface area contributed by atoms with E-state index in [0.717, 1.165) is 5.69 Å². The van der Waals surface area contributed by atoms with Gasteiger partial charge in [-0.05, 0) is 25.1 Å². The van der Waals surface area contributed by atoms with Crippen molar-refractivity contribution in [3.05, 3.63) is 65.6 Å². The van der Waals surface area contributed by atoms with Gasteiger partial charge in [0.2, 0.25) is 0 Å². The molecule has 0 aromatic heterocycles. The number of nitrogens with one attached hydrogen (secondary N) is 2. The van der Waals surface area contributed by atoms with Gasteiger partial charge in [0.1, 0.15) is 6.61 Å². The Bertz CT molecular complexity index is 656. The lowest BCUT2D eigenvalue weighted by molar-refractivity contribution is 0.291. The van der Waals surface area contributed by atoms with Gasteiger partial charge < -0.3 is 20.5 Å². The third kappa shape index (κ3) is 4.60. The maximum Gasteiger partial charge on any atom is 0.114 e. The Morgan fingerprint density at radius 3 is 2.55 bits per heavy atom. The number of nitrogens with zero attached hydrogens (tertiary/aromatic N) is 2. The van der Waals surface area contributed by atoms with Crippen LogP contribution in [0.25, 0.3) is 5.41 Å². The van der Waals surface area contributed by atoms with Crippen LogP contribution in [0.3, 0.4) is 0 Å². The smallest absolute Gasteiger partial charge is 0.114 e. The second kappa shape index (κ2) is 7.80. The van der Waals surface area contributed by atoms with Crippen LogP contribution in [0.2, 0.25) is 0 Å². The molecule has 0 bridgehead atoms. The minimum Gasteiger partial charge on any atom is -0.496 e. The Balaban J connectivity index is 1.90. The van der Waals surface area contributed by atoms with E-state index in [4.69, 9.17) is 9.94 Å². The monoisotopic (exact) mass is 297 g/mol. The Labute approximate surface area is 128 Å². The van der Waals surface area contributed by atoms with E-state index < -0.39 is 6.02 Å². The lowest BCUT2D eigenvalue weighted by Gasteiger charge is -2.16.